The maximum Gasteiger partial charge on any atom is 0.264 e. The summed E-state index contributed by atoms with van der Waals surface area (Å²) in [4.78, 5) is 0. The van der Waals surface area contributed by atoms with Gasteiger partial charge in [0, 0.05) is 13.2 Å². The highest BCUT2D eigenvalue weighted by Gasteiger charge is 2.52. The smallest absolute Gasteiger partial charge is 0.264 e. The quantitative estimate of drug-likeness (QED) is 0.118. The van der Waals surface area contributed by atoms with Gasteiger partial charge in [-0.3, -0.25) is 4.18 Å². The summed E-state index contributed by atoms with van der Waals surface area (Å²) in [5.74, 6) is 0.208. The molecule has 1 fully saturated rings. The van der Waals surface area contributed by atoms with Gasteiger partial charge in [0.2, 0.25) is 0 Å². The van der Waals surface area contributed by atoms with Crippen LogP contribution in [0.3, 0.4) is 0 Å². The monoisotopic (exact) mass is 714 g/mol. The topological polar surface area (TPSA) is 61.8 Å². The van der Waals surface area contributed by atoms with Crippen LogP contribution in [0.15, 0.2) is 121 Å². The van der Waals surface area contributed by atoms with Gasteiger partial charge in [-0.25, -0.2) is 0 Å². The van der Waals surface area contributed by atoms with Crippen LogP contribution in [0.25, 0.3) is 0 Å². The van der Waals surface area contributed by atoms with Crippen LogP contribution in [-0.2, 0) is 23.2 Å². The summed E-state index contributed by atoms with van der Waals surface area (Å²) in [5.41, 5.74) is 0. The number of benzene rings is 4. The third-order valence-electron chi connectivity index (χ3n) is 10.3. The van der Waals surface area contributed by atoms with Crippen LogP contribution in [0.5, 0.6) is 0 Å². The van der Waals surface area contributed by atoms with Gasteiger partial charge in [-0.1, -0.05) is 163 Å². The minimum absolute atomic E-state index is 0.0420. The Hall–Kier alpha value is -2.86. The van der Waals surface area contributed by atoms with E-state index < -0.39 is 26.8 Å². The number of hydrogen-bond donors (Lipinski definition) is 0. The van der Waals surface area contributed by atoms with E-state index in [4.69, 9.17) is 13.0 Å². The molecule has 49 heavy (non-hydrogen) atoms. The van der Waals surface area contributed by atoms with Gasteiger partial charge in [-0.15, -0.1) is 0 Å². The zero-order chi connectivity index (χ0) is 35.3. The summed E-state index contributed by atoms with van der Waals surface area (Å²) >= 11 is 0. The molecule has 0 saturated heterocycles. The minimum atomic E-state index is -3.60. The van der Waals surface area contributed by atoms with Crippen LogP contribution in [-0.4, -0.2) is 50.6 Å². The zero-order valence-electron chi connectivity index (χ0n) is 30.3. The zero-order valence-corrected chi connectivity index (χ0v) is 33.1. The van der Waals surface area contributed by atoms with Crippen molar-refractivity contribution in [3.05, 3.63) is 121 Å². The molecule has 0 N–H and O–H groups in total. The first kappa shape index (κ1) is 37.4. The largest absolute Gasteiger partial charge is 0.407 e. The Labute approximate surface area is 297 Å². The fraction of sp³-hybridized carbons (Fsp3) is 0.415. The Kier molecular flexibility index (Phi) is 11.6. The Morgan fingerprint density at radius 2 is 0.878 bits per heavy atom. The highest BCUT2D eigenvalue weighted by molar-refractivity contribution is 7.86. The normalized spacial score (nSPS) is 19.4. The Bertz CT molecular complexity index is 1640. The van der Waals surface area contributed by atoms with E-state index in [9.17, 15) is 8.42 Å². The molecule has 1 saturated carbocycles. The van der Waals surface area contributed by atoms with Crippen molar-refractivity contribution < 1.29 is 21.5 Å². The molecule has 3 atom stereocenters. The van der Waals surface area contributed by atoms with Gasteiger partial charge in [-0.05, 0) is 61.9 Å². The van der Waals surface area contributed by atoms with Crippen molar-refractivity contribution in [1.29, 1.82) is 0 Å². The first-order valence-electron chi connectivity index (χ1n) is 17.6. The van der Waals surface area contributed by atoms with Crippen molar-refractivity contribution in [2.45, 2.75) is 77.0 Å². The third-order valence-corrected chi connectivity index (χ3v) is 20.9. The number of hydrogen-bond acceptors (Lipinski definition) is 5. The van der Waals surface area contributed by atoms with E-state index in [1.54, 1.807) is 0 Å². The van der Waals surface area contributed by atoms with E-state index in [0.29, 0.717) is 26.1 Å². The molecule has 0 spiro atoms. The second-order valence-electron chi connectivity index (χ2n) is 15.7. The molecule has 0 amide bonds. The molecule has 0 heterocycles. The standard InChI is InChI=1S/C41H54O5SSi2/c1-40(2,3)48(36-20-12-8-13-21-36,37-22-14-9-15-23-37)44-31-33-28-29-35(46-47(7,42)43)30-34(33)32-45-49(41(4,5)6,38-24-16-10-17-25-38)39-26-18-11-19-27-39/h8-27,33-35H,28-32H2,1-7H3/t33-,34+,35+/m0/s1. The van der Waals surface area contributed by atoms with Crippen molar-refractivity contribution in [2.75, 3.05) is 19.5 Å². The lowest BCUT2D eigenvalue weighted by Crippen LogP contribution is -2.67. The van der Waals surface area contributed by atoms with Crippen LogP contribution in [0, 0.1) is 11.8 Å². The van der Waals surface area contributed by atoms with Crippen LogP contribution < -0.4 is 20.7 Å². The molecule has 5 nitrogen and oxygen atoms in total. The second kappa shape index (κ2) is 15.2. The molecule has 4 aromatic rings. The molecule has 0 bridgehead atoms. The highest BCUT2D eigenvalue weighted by Crippen LogP contribution is 2.41. The first-order valence-corrected chi connectivity index (χ1v) is 23.2. The minimum Gasteiger partial charge on any atom is -0.407 e. The average molecular weight is 715 g/mol. The molecule has 1 aliphatic rings. The molecule has 0 aromatic heterocycles. The summed E-state index contributed by atoms with van der Waals surface area (Å²) in [6.07, 6.45) is 2.83. The van der Waals surface area contributed by atoms with E-state index in [1.807, 2.05) is 0 Å². The van der Waals surface area contributed by atoms with Gasteiger partial charge >= 0.3 is 0 Å². The van der Waals surface area contributed by atoms with Crippen LogP contribution in [0.4, 0.5) is 0 Å². The fourth-order valence-electron chi connectivity index (χ4n) is 8.03. The maximum atomic E-state index is 12.3. The molecule has 8 heteroatoms. The Morgan fingerprint density at radius 1 is 0.551 bits per heavy atom. The van der Waals surface area contributed by atoms with Gasteiger partial charge in [0.05, 0.1) is 12.4 Å². The lowest BCUT2D eigenvalue weighted by molar-refractivity contribution is 0.0397. The molecule has 262 valence electrons. The summed E-state index contributed by atoms with van der Waals surface area (Å²) in [6.45, 7) is 14.8. The van der Waals surface area contributed by atoms with Crippen molar-refractivity contribution in [2.24, 2.45) is 11.8 Å². The highest BCUT2D eigenvalue weighted by atomic mass is 32.2. The number of rotatable bonds is 12. The second-order valence-corrected chi connectivity index (χ2v) is 25.9. The maximum absolute atomic E-state index is 12.3. The van der Waals surface area contributed by atoms with Crippen molar-refractivity contribution in [3.8, 4) is 0 Å². The summed E-state index contributed by atoms with van der Waals surface area (Å²) in [6, 6.07) is 42.9. The van der Waals surface area contributed by atoms with Gasteiger partial charge in [-0.2, -0.15) is 8.42 Å². The molecule has 1 aliphatic carbocycles. The molecule has 0 radical (unpaired) electrons. The SMILES string of the molecule is CC(C)(C)[Si](OC[C@@H]1CC[C@@H](OS(C)(=O)=O)C[C@@H]1CO[Si](c1ccccc1)(c1ccccc1)C(C)(C)C)(c1ccccc1)c1ccccc1. The summed E-state index contributed by atoms with van der Waals surface area (Å²) < 4.78 is 45.3. The van der Waals surface area contributed by atoms with E-state index in [-0.39, 0.29) is 28.0 Å². The average Bonchev–Trinajstić information content (AvgIpc) is 3.06. The van der Waals surface area contributed by atoms with Crippen molar-refractivity contribution in [3.63, 3.8) is 0 Å². The molecule has 0 unspecified atom stereocenters. The Morgan fingerprint density at radius 3 is 1.18 bits per heavy atom. The van der Waals surface area contributed by atoms with Gasteiger partial charge in [0.1, 0.15) is 0 Å². The fourth-order valence-corrected chi connectivity index (χ4v) is 17.9. The molecular weight excluding hydrogens is 661 g/mol. The van der Waals surface area contributed by atoms with Gasteiger partial charge in [0.15, 0.2) is 0 Å². The summed E-state index contributed by atoms with van der Waals surface area (Å²) in [5, 5.41) is 4.65. The molecule has 4 aromatic carbocycles. The lowest BCUT2D eigenvalue weighted by atomic mass is 9.79. The van der Waals surface area contributed by atoms with Crippen molar-refractivity contribution >= 4 is 47.5 Å². The molecular formula is C41H54O5SSi2. The summed E-state index contributed by atoms with van der Waals surface area (Å²) in [7, 11) is -9.19. The lowest BCUT2D eigenvalue weighted by Gasteiger charge is -2.46. The predicted molar refractivity (Wildman–Crippen MR) is 208 cm³/mol. The first-order chi connectivity index (χ1) is 23.2. The van der Waals surface area contributed by atoms with Crippen molar-refractivity contribution in [1.82, 2.24) is 0 Å². The van der Waals surface area contributed by atoms with E-state index in [1.165, 1.54) is 20.7 Å². The van der Waals surface area contributed by atoms with Crippen LogP contribution >= 0.6 is 0 Å². The van der Waals surface area contributed by atoms with E-state index in [2.05, 4.69) is 163 Å². The Balaban J connectivity index is 1.54. The van der Waals surface area contributed by atoms with Crippen LogP contribution in [0.2, 0.25) is 10.1 Å². The van der Waals surface area contributed by atoms with Crippen LogP contribution in [0.1, 0.15) is 60.8 Å². The van der Waals surface area contributed by atoms with E-state index in [0.717, 1.165) is 12.7 Å². The van der Waals surface area contributed by atoms with Gasteiger partial charge < -0.3 is 8.85 Å². The predicted octanol–water partition coefficient (Wildman–Crippen LogP) is 6.90. The van der Waals surface area contributed by atoms with Gasteiger partial charge in [0.25, 0.3) is 26.8 Å². The molecule has 5 rings (SSSR count). The molecule has 0 aliphatic heterocycles. The van der Waals surface area contributed by atoms with E-state index >= 15 is 0 Å². The third kappa shape index (κ3) is 8.21.